The van der Waals surface area contributed by atoms with Gasteiger partial charge in [0, 0.05) is 29.3 Å². The van der Waals surface area contributed by atoms with E-state index < -0.39 is 5.95 Å². The van der Waals surface area contributed by atoms with Crippen molar-refractivity contribution < 1.29 is 18.7 Å². The van der Waals surface area contributed by atoms with E-state index in [0.717, 1.165) is 38.0 Å². The average molecular weight is 426 g/mol. The molecule has 2 bridgehead atoms. The molecule has 1 aromatic carbocycles. The Morgan fingerprint density at radius 3 is 2.81 bits per heavy atom. The molecule has 1 unspecified atom stereocenters. The van der Waals surface area contributed by atoms with Crippen LogP contribution in [-0.2, 0) is 4.74 Å². The predicted octanol–water partition coefficient (Wildman–Crippen LogP) is 4.17. The molecule has 0 radical (unpaired) electrons. The minimum Gasteiger partial charge on any atom is -0.493 e. The molecule has 3 fully saturated rings. The molecule has 2 atom stereocenters. The zero-order valence-electron chi connectivity index (χ0n) is 17.9. The van der Waals surface area contributed by atoms with Crippen LogP contribution in [0.1, 0.15) is 38.3 Å². The molecule has 4 aliphatic rings. The number of hydrogen-bond donors (Lipinski definition) is 1. The molecular formula is C24H28FN3O3. The average Bonchev–Trinajstić information content (AvgIpc) is 2.77. The third-order valence-electron chi connectivity index (χ3n) is 6.89. The lowest BCUT2D eigenvalue weighted by Crippen LogP contribution is -2.53. The topological polar surface area (TPSA) is 63.7 Å². The van der Waals surface area contributed by atoms with Crippen molar-refractivity contribution in [3.05, 3.63) is 48.0 Å². The van der Waals surface area contributed by atoms with Gasteiger partial charge in [-0.25, -0.2) is 9.78 Å². The van der Waals surface area contributed by atoms with E-state index in [-0.39, 0.29) is 23.7 Å². The Morgan fingerprint density at radius 1 is 1.29 bits per heavy atom. The van der Waals surface area contributed by atoms with Gasteiger partial charge in [-0.05, 0) is 55.6 Å². The van der Waals surface area contributed by atoms with E-state index in [4.69, 9.17) is 9.47 Å². The standard InChI is InChI=1S/C24H28FN3O3/c1-24(2)14-30-19-12-16(17-4-3-9-26-22(17)25)5-6-18(19)21(24)27-23(29)31-20-13-28-10-7-15(20)8-11-28/h3-6,9,12,15,20-21H,7-8,10-11,13-14H2,1-2H3,(H,27,29)/t20-,21?/m1/s1. The van der Waals surface area contributed by atoms with Crippen molar-refractivity contribution in [3.8, 4) is 16.9 Å². The summed E-state index contributed by atoms with van der Waals surface area (Å²) in [7, 11) is 0. The van der Waals surface area contributed by atoms with Crippen LogP contribution in [-0.4, -0.2) is 48.3 Å². The first-order chi connectivity index (χ1) is 14.9. The quantitative estimate of drug-likeness (QED) is 0.748. The molecule has 0 aliphatic carbocycles. The van der Waals surface area contributed by atoms with E-state index in [1.54, 1.807) is 12.1 Å². The fourth-order valence-electron chi connectivity index (χ4n) is 5.04. The number of hydrogen-bond acceptors (Lipinski definition) is 5. The maximum absolute atomic E-state index is 14.1. The number of piperidine rings is 3. The number of alkyl carbamates (subject to hydrolysis) is 1. The Balaban J connectivity index is 1.36. The maximum Gasteiger partial charge on any atom is 0.407 e. The Morgan fingerprint density at radius 2 is 2.10 bits per heavy atom. The van der Waals surface area contributed by atoms with Gasteiger partial charge in [-0.15, -0.1) is 0 Å². The summed E-state index contributed by atoms with van der Waals surface area (Å²) < 4.78 is 26.0. The molecule has 6 nitrogen and oxygen atoms in total. The summed E-state index contributed by atoms with van der Waals surface area (Å²) in [5.41, 5.74) is 1.67. The number of rotatable bonds is 3. The molecule has 4 aliphatic heterocycles. The molecule has 1 amide bonds. The lowest BCUT2D eigenvalue weighted by atomic mass is 9.78. The first-order valence-corrected chi connectivity index (χ1v) is 11.0. The van der Waals surface area contributed by atoms with Crippen LogP contribution < -0.4 is 10.1 Å². The second-order valence-corrected chi connectivity index (χ2v) is 9.53. The highest BCUT2D eigenvalue weighted by Crippen LogP contribution is 2.44. The summed E-state index contributed by atoms with van der Waals surface area (Å²) in [4.78, 5) is 18.9. The van der Waals surface area contributed by atoms with E-state index in [0.29, 0.717) is 29.4 Å². The third kappa shape index (κ3) is 3.87. The van der Waals surface area contributed by atoms with Gasteiger partial charge in [0.15, 0.2) is 0 Å². The molecule has 1 N–H and O–H groups in total. The number of nitrogens with zero attached hydrogens (tertiary/aromatic N) is 2. The fraction of sp³-hybridized carbons (Fsp3) is 0.500. The van der Waals surface area contributed by atoms with Crippen LogP contribution in [0.4, 0.5) is 9.18 Å². The normalized spacial score (nSPS) is 28.4. The first-order valence-electron chi connectivity index (χ1n) is 11.0. The molecule has 0 spiro atoms. The van der Waals surface area contributed by atoms with Crippen molar-refractivity contribution in [1.82, 2.24) is 15.2 Å². The maximum atomic E-state index is 14.1. The molecule has 164 valence electrons. The number of carbonyl (C=O) groups excluding carboxylic acids is 1. The van der Waals surface area contributed by atoms with Crippen molar-refractivity contribution in [1.29, 1.82) is 0 Å². The second-order valence-electron chi connectivity index (χ2n) is 9.53. The highest BCUT2D eigenvalue weighted by atomic mass is 19.1. The molecule has 3 saturated heterocycles. The lowest BCUT2D eigenvalue weighted by molar-refractivity contribution is -0.0361. The van der Waals surface area contributed by atoms with Crippen LogP contribution in [0.3, 0.4) is 0 Å². The van der Waals surface area contributed by atoms with Gasteiger partial charge < -0.3 is 14.8 Å². The van der Waals surface area contributed by atoms with Gasteiger partial charge in [0.2, 0.25) is 5.95 Å². The number of amides is 1. The Hall–Kier alpha value is -2.67. The minimum absolute atomic E-state index is 0.0409. The predicted molar refractivity (Wildman–Crippen MR) is 114 cm³/mol. The number of nitrogens with one attached hydrogen (secondary N) is 1. The molecule has 6 rings (SSSR count). The lowest BCUT2D eigenvalue weighted by Gasteiger charge is -2.44. The number of fused-ring (bicyclic) bond motifs is 4. The molecule has 1 aromatic heterocycles. The number of ether oxygens (including phenoxy) is 2. The zero-order valence-corrected chi connectivity index (χ0v) is 17.9. The highest BCUT2D eigenvalue weighted by molar-refractivity contribution is 5.70. The van der Waals surface area contributed by atoms with Crippen molar-refractivity contribution in [2.45, 2.75) is 38.8 Å². The molecule has 7 heteroatoms. The van der Waals surface area contributed by atoms with E-state index in [1.807, 2.05) is 18.2 Å². The van der Waals surface area contributed by atoms with Crippen LogP contribution >= 0.6 is 0 Å². The van der Waals surface area contributed by atoms with E-state index >= 15 is 0 Å². The van der Waals surface area contributed by atoms with Crippen LogP contribution in [0.5, 0.6) is 5.75 Å². The number of pyridine rings is 1. The summed E-state index contributed by atoms with van der Waals surface area (Å²) >= 11 is 0. The van der Waals surface area contributed by atoms with Crippen molar-refractivity contribution in [2.75, 3.05) is 26.2 Å². The Labute approximate surface area is 181 Å². The largest absolute Gasteiger partial charge is 0.493 e. The van der Waals surface area contributed by atoms with Gasteiger partial charge in [-0.2, -0.15) is 4.39 Å². The van der Waals surface area contributed by atoms with Gasteiger partial charge in [0.25, 0.3) is 0 Å². The minimum atomic E-state index is -0.519. The van der Waals surface area contributed by atoms with E-state index in [9.17, 15) is 9.18 Å². The highest BCUT2D eigenvalue weighted by Gasteiger charge is 2.41. The van der Waals surface area contributed by atoms with Gasteiger partial charge in [0.05, 0.1) is 12.6 Å². The SMILES string of the molecule is CC1(C)COc2cc(-c3cccnc3F)ccc2C1NC(=O)O[C@@H]1CN2CCC1CC2. The van der Waals surface area contributed by atoms with Crippen molar-refractivity contribution in [2.24, 2.45) is 11.3 Å². The van der Waals surface area contributed by atoms with Crippen LogP contribution in [0.15, 0.2) is 36.5 Å². The summed E-state index contributed by atoms with van der Waals surface area (Å²) in [6, 6.07) is 8.69. The summed E-state index contributed by atoms with van der Waals surface area (Å²) in [5.74, 6) is 0.588. The van der Waals surface area contributed by atoms with Crippen molar-refractivity contribution >= 4 is 6.09 Å². The fourth-order valence-corrected chi connectivity index (χ4v) is 5.04. The molecule has 2 aromatic rings. The summed E-state index contributed by atoms with van der Waals surface area (Å²) in [6.07, 6.45) is 3.19. The first kappa shape index (κ1) is 20.2. The van der Waals surface area contributed by atoms with Crippen LogP contribution in [0.25, 0.3) is 11.1 Å². The van der Waals surface area contributed by atoms with Gasteiger partial charge in [-0.3, -0.25) is 4.90 Å². The monoisotopic (exact) mass is 425 g/mol. The smallest absolute Gasteiger partial charge is 0.407 e. The molecular weight excluding hydrogens is 397 g/mol. The van der Waals surface area contributed by atoms with Gasteiger partial charge in [0.1, 0.15) is 11.9 Å². The Kier molecular flexibility index (Phi) is 5.08. The zero-order chi connectivity index (χ0) is 21.6. The van der Waals surface area contributed by atoms with Gasteiger partial charge in [-0.1, -0.05) is 26.0 Å². The number of benzene rings is 1. The third-order valence-corrected chi connectivity index (χ3v) is 6.89. The molecule has 31 heavy (non-hydrogen) atoms. The summed E-state index contributed by atoms with van der Waals surface area (Å²) in [6.45, 7) is 7.59. The summed E-state index contributed by atoms with van der Waals surface area (Å²) in [5, 5.41) is 3.10. The van der Waals surface area contributed by atoms with E-state index in [1.165, 1.54) is 6.20 Å². The Bertz CT molecular complexity index is 988. The van der Waals surface area contributed by atoms with Crippen LogP contribution in [0.2, 0.25) is 0 Å². The van der Waals surface area contributed by atoms with Crippen LogP contribution in [0, 0.1) is 17.3 Å². The molecule has 0 saturated carbocycles. The molecule has 5 heterocycles. The van der Waals surface area contributed by atoms with Gasteiger partial charge >= 0.3 is 6.09 Å². The number of aromatic nitrogens is 1. The second kappa shape index (κ2) is 7.79. The number of halogens is 1. The van der Waals surface area contributed by atoms with E-state index in [2.05, 4.69) is 29.0 Å². The number of carbonyl (C=O) groups is 1. The van der Waals surface area contributed by atoms with Crippen molar-refractivity contribution in [3.63, 3.8) is 0 Å².